The van der Waals surface area contributed by atoms with Crippen LogP contribution >= 0.6 is 0 Å². The van der Waals surface area contributed by atoms with Crippen molar-refractivity contribution in [3.8, 4) is 0 Å². The highest BCUT2D eigenvalue weighted by Gasteiger charge is 2.41. The summed E-state index contributed by atoms with van der Waals surface area (Å²) in [4.78, 5) is 51.5. The van der Waals surface area contributed by atoms with Crippen LogP contribution in [0.3, 0.4) is 0 Å². The van der Waals surface area contributed by atoms with Gasteiger partial charge < -0.3 is 24.4 Å². The fourth-order valence-electron chi connectivity index (χ4n) is 4.04. The Hall–Kier alpha value is -3.90. The number of hydrogen-bond acceptors (Lipinski definition) is 9. The van der Waals surface area contributed by atoms with Crippen molar-refractivity contribution < 1.29 is 34.0 Å². The number of hydrogen-bond donors (Lipinski definition) is 2. The quantitative estimate of drug-likeness (QED) is 0.293. The van der Waals surface area contributed by atoms with Gasteiger partial charge in [0, 0.05) is 23.7 Å². The monoisotopic (exact) mass is 524 g/mol. The first-order valence-corrected chi connectivity index (χ1v) is 12.0. The van der Waals surface area contributed by atoms with Gasteiger partial charge in [-0.15, -0.1) is 0 Å². The number of ketones is 1. The van der Waals surface area contributed by atoms with E-state index in [-0.39, 0.29) is 18.6 Å². The van der Waals surface area contributed by atoms with Gasteiger partial charge in [-0.25, -0.2) is 9.59 Å². The average Bonchev–Trinajstić information content (AvgIpc) is 3.34. The SMILES string of the molecule is Cc1cn(C2CC(OC(=O)c3ccccc3)C(OCC(O)CO)O2)c(=O)n(CC(=O)c2ccccc2)c1=O. The maximum absolute atomic E-state index is 13.3. The summed E-state index contributed by atoms with van der Waals surface area (Å²) in [7, 11) is 0. The molecule has 1 aliphatic rings. The van der Waals surface area contributed by atoms with Gasteiger partial charge in [0.1, 0.15) is 12.3 Å². The van der Waals surface area contributed by atoms with E-state index in [0.29, 0.717) is 11.1 Å². The summed E-state index contributed by atoms with van der Waals surface area (Å²) in [5.41, 5.74) is -0.538. The second-order valence-electron chi connectivity index (χ2n) is 8.86. The van der Waals surface area contributed by atoms with Crippen molar-refractivity contribution in [1.82, 2.24) is 9.13 Å². The van der Waals surface area contributed by atoms with E-state index >= 15 is 0 Å². The third-order valence-electron chi connectivity index (χ3n) is 6.03. The molecule has 0 saturated carbocycles. The third kappa shape index (κ3) is 6.14. The number of aryl methyl sites for hydroxylation is 1. The van der Waals surface area contributed by atoms with Gasteiger partial charge in [-0.1, -0.05) is 48.5 Å². The minimum atomic E-state index is -1.20. The molecule has 2 N–H and O–H groups in total. The Balaban J connectivity index is 1.61. The number of Topliss-reactive ketones (excluding diaryl/α,β-unsaturated/α-hetero) is 1. The first-order chi connectivity index (χ1) is 18.3. The Labute approximate surface area is 217 Å². The Morgan fingerprint density at radius 1 is 1.05 bits per heavy atom. The molecule has 11 nitrogen and oxygen atoms in total. The molecule has 0 amide bonds. The standard InChI is InChI=1S/C27H28N2O9/c1-17-13-28(27(35)29(24(17)33)14-21(32)18-8-4-2-5-9-18)23-12-22(26(38-23)36-16-20(31)15-30)37-25(34)19-10-6-3-7-11-19/h2-11,13,20,22-23,26,30-31H,12,14-16H2,1H3. The molecule has 1 aliphatic heterocycles. The minimum Gasteiger partial charge on any atom is -0.453 e. The average molecular weight is 525 g/mol. The molecule has 4 atom stereocenters. The van der Waals surface area contributed by atoms with Crippen LogP contribution in [0.15, 0.2) is 76.4 Å². The third-order valence-corrected chi connectivity index (χ3v) is 6.03. The highest BCUT2D eigenvalue weighted by Crippen LogP contribution is 2.31. The minimum absolute atomic E-state index is 0.0113. The second-order valence-corrected chi connectivity index (χ2v) is 8.86. The molecule has 1 aromatic heterocycles. The smallest absolute Gasteiger partial charge is 0.338 e. The lowest BCUT2D eigenvalue weighted by Gasteiger charge is -2.20. The van der Waals surface area contributed by atoms with Crippen LogP contribution in [-0.2, 0) is 20.8 Å². The normalized spacial score (nSPS) is 19.7. The number of aliphatic hydroxyl groups excluding tert-OH is 2. The Bertz CT molecular complexity index is 1390. The van der Waals surface area contributed by atoms with Gasteiger partial charge in [-0.05, 0) is 19.1 Å². The largest absolute Gasteiger partial charge is 0.453 e. The molecule has 200 valence electrons. The molecule has 2 heterocycles. The van der Waals surface area contributed by atoms with E-state index in [1.165, 1.54) is 13.1 Å². The lowest BCUT2D eigenvalue weighted by Crippen LogP contribution is -2.43. The molecule has 0 spiro atoms. The molecular formula is C27H28N2O9. The summed E-state index contributed by atoms with van der Waals surface area (Å²) in [5, 5.41) is 18.8. The van der Waals surface area contributed by atoms with E-state index < -0.39 is 60.9 Å². The van der Waals surface area contributed by atoms with Gasteiger partial charge in [0.2, 0.25) is 0 Å². The van der Waals surface area contributed by atoms with Crippen molar-refractivity contribution in [3.05, 3.63) is 104 Å². The van der Waals surface area contributed by atoms with E-state index in [1.807, 2.05) is 0 Å². The molecule has 1 saturated heterocycles. The highest BCUT2D eigenvalue weighted by molar-refractivity contribution is 5.95. The van der Waals surface area contributed by atoms with Gasteiger partial charge in [-0.3, -0.25) is 18.7 Å². The number of ether oxygens (including phenoxy) is 3. The maximum Gasteiger partial charge on any atom is 0.338 e. The fraction of sp³-hybridized carbons (Fsp3) is 0.333. The second kappa shape index (κ2) is 12.1. The number of carbonyl (C=O) groups excluding carboxylic acids is 2. The van der Waals surface area contributed by atoms with E-state index in [2.05, 4.69) is 0 Å². The van der Waals surface area contributed by atoms with Crippen molar-refractivity contribution in [3.63, 3.8) is 0 Å². The van der Waals surface area contributed by atoms with Gasteiger partial charge in [0.05, 0.1) is 25.3 Å². The Morgan fingerprint density at radius 3 is 2.32 bits per heavy atom. The van der Waals surface area contributed by atoms with Crippen LogP contribution in [0.5, 0.6) is 0 Å². The van der Waals surface area contributed by atoms with Gasteiger partial charge in [-0.2, -0.15) is 0 Å². The number of rotatable bonds is 10. The van der Waals surface area contributed by atoms with Crippen molar-refractivity contribution >= 4 is 11.8 Å². The molecule has 11 heteroatoms. The van der Waals surface area contributed by atoms with Gasteiger partial charge >= 0.3 is 11.7 Å². The molecule has 2 aromatic carbocycles. The molecule has 0 aliphatic carbocycles. The molecule has 1 fully saturated rings. The van der Waals surface area contributed by atoms with E-state index in [0.717, 1.165) is 9.13 Å². The summed E-state index contributed by atoms with van der Waals surface area (Å²) >= 11 is 0. The van der Waals surface area contributed by atoms with Crippen LogP contribution in [0.1, 0.15) is 38.9 Å². The lowest BCUT2D eigenvalue weighted by atomic mass is 10.1. The first kappa shape index (κ1) is 27.1. The predicted octanol–water partition coefficient (Wildman–Crippen LogP) is 1.04. The molecule has 3 aromatic rings. The Morgan fingerprint density at radius 2 is 1.68 bits per heavy atom. The van der Waals surface area contributed by atoms with Crippen molar-refractivity contribution in [2.75, 3.05) is 13.2 Å². The van der Waals surface area contributed by atoms with E-state index in [9.17, 15) is 24.3 Å². The summed E-state index contributed by atoms with van der Waals surface area (Å²) in [5.74, 6) is -1.05. The van der Waals surface area contributed by atoms with Crippen molar-refractivity contribution in [2.45, 2.75) is 44.6 Å². The first-order valence-electron chi connectivity index (χ1n) is 12.0. The number of esters is 1. The number of benzene rings is 2. The van der Waals surface area contributed by atoms with E-state index in [4.69, 9.17) is 19.3 Å². The van der Waals surface area contributed by atoms with Crippen molar-refractivity contribution in [2.24, 2.45) is 0 Å². The molecule has 0 radical (unpaired) electrons. The summed E-state index contributed by atoms with van der Waals surface area (Å²) in [6, 6.07) is 16.6. The zero-order chi connectivity index (χ0) is 27.2. The number of nitrogens with zero attached hydrogens (tertiary/aromatic N) is 2. The lowest BCUT2D eigenvalue weighted by molar-refractivity contribution is -0.190. The van der Waals surface area contributed by atoms with Crippen LogP contribution in [0.25, 0.3) is 0 Å². The predicted molar refractivity (Wildman–Crippen MR) is 134 cm³/mol. The molecular weight excluding hydrogens is 496 g/mol. The number of aliphatic hydroxyl groups is 2. The number of carbonyl (C=O) groups is 2. The molecule has 38 heavy (non-hydrogen) atoms. The molecule has 0 bridgehead atoms. The van der Waals surface area contributed by atoms with Gasteiger partial charge in [0.25, 0.3) is 5.56 Å². The summed E-state index contributed by atoms with van der Waals surface area (Å²) < 4.78 is 19.0. The van der Waals surface area contributed by atoms with Crippen LogP contribution in [0.2, 0.25) is 0 Å². The molecule has 4 unspecified atom stereocenters. The van der Waals surface area contributed by atoms with Gasteiger partial charge in [0.15, 0.2) is 18.2 Å². The summed E-state index contributed by atoms with van der Waals surface area (Å²) in [6.45, 7) is 0.177. The Kier molecular flexibility index (Phi) is 8.64. The zero-order valence-corrected chi connectivity index (χ0v) is 20.6. The fourth-order valence-corrected chi connectivity index (χ4v) is 4.04. The van der Waals surface area contributed by atoms with Crippen LogP contribution in [0, 0.1) is 6.92 Å². The van der Waals surface area contributed by atoms with Crippen molar-refractivity contribution in [1.29, 1.82) is 0 Å². The molecule has 4 rings (SSSR count). The number of aromatic nitrogens is 2. The van der Waals surface area contributed by atoms with E-state index in [1.54, 1.807) is 60.7 Å². The topological polar surface area (TPSA) is 146 Å². The van der Waals surface area contributed by atoms with Crippen LogP contribution in [0.4, 0.5) is 0 Å². The maximum atomic E-state index is 13.3. The van der Waals surface area contributed by atoms with Crippen LogP contribution in [-0.4, -0.2) is 62.8 Å². The zero-order valence-electron chi connectivity index (χ0n) is 20.6. The van der Waals surface area contributed by atoms with Crippen LogP contribution < -0.4 is 11.2 Å². The summed E-state index contributed by atoms with van der Waals surface area (Å²) in [6.07, 6.45) is -3.05. The highest BCUT2D eigenvalue weighted by atomic mass is 16.7.